The van der Waals surface area contributed by atoms with Crippen LogP contribution in [0.4, 0.5) is 0 Å². The number of hydrogen-bond donors (Lipinski definition) is 0. The second-order valence-electron chi connectivity index (χ2n) is 3.37. The van der Waals surface area contributed by atoms with Crippen molar-refractivity contribution in [2.45, 2.75) is 51.4 Å². The molecule has 1 saturated carbocycles. The van der Waals surface area contributed by atoms with Crippen molar-refractivity contribution in [1.29, 1.82) is 0 Å². The molecule has 0 nitrogen and oxygen atoms in total. The molecule has 0 unspecified atom stereocenters. The standard InChI is InChI=1S/C11H17/c1-2-3-5-8-11-9-6-4-7-10-11/h1H,3-10H2. The zero-order chi connectivity index (χ0) is 7.94. The molecule has 1 aliphatic carbocycles. The second-order valence-corrected chi connectivity index (χ2v) is 3.37. The van der Waals surface area contributed by atoms with Gasteiger partial charge in [-0.05, 0) is 31.6 Å². The first-order valence-corrected chi connectivity index (χ1v) is 4.70. The van der Waals surface area contributed by atoms with Crippen LogP contribution in [0.3, 0.4) is 0 Å². The van der Waals surface area contributed by atoms with Crippen LogP contribution < -0.4 is 0 Å². The van der Waals surface area contributed by atoms with Crippen LogP contribution in [-0.2, 0) is 0 Å². The van der Waals surface area contributed by atoms with E-state index >= 15 is 0 Å². The summed E-state index contributed by atoms with van der Waals surface area (Å²) in [5.41, 5.74) is 0. The van der Waals surface area contributed by atoms with Crippen molar-refractivity contribution in [3.63, 3.8) is 0 Å². The van der Waals surface area contributed by atoms with Crippen LogP contribution in [0.2, 0.25) is 0 Å². The molecule has 1 fully saturated rings. The van der Waals surface area contributed by atoms with Gasteiger partial charge in [0.05, 0.1) is 0 Å². The zero-order valence-corrected chi connectivity index (χ0v) is 7.23. The number of terminal acetylenes is 1. The fraction of sp³-hybridized carbons (Fsp3) is 0.727. The minimum Gasteiger partial charge on any atom is -0.120 e. The Morgan fingerprint density at radius 2 is 1.91 bits per heavy atom. The Kier molecular flexibility index (Phi) is 4.12. The lowest BCUT2D eigenvalue weighted by molar-refractivity contribution is 0.499. The van der Waals surface area contributed by atoms with E-state index in [0.717, 1.165) is 6.42 Å². The Morgan fingerprint density at radius 3 is 2.55 bits per heavy atom. The van der Waals surface area contributed by atoms with Crippen LogP contribution in [0.5, 0.6) is 0 Å². The second kappa shape index (κ2) is 5.24. The molecular weight excluding hydrogens is 132 g/mol. The van der Waals surface area contributed by atoms with Gasteiger partial charge in [-0.3, -0.25) is 0 Å². The summed E-state index contributed by atoms with van der Waals surface area (Å²) in [6, 6.07) is 0. The summed E-state index contributed by atoms with van der Waals surface area (Å²) in [6.07, 6.45) is 15.7. The molecule has 0 aromatic carbocycles. The van der Waals surface area contributed by atoms with Gasteiger partial charge in [0.1, 0.15) is 0 Å². The summed E-state index contributed by atoms with van der Waals surface area (Å²) in [6.45, 7) is 0. The van der Waals surface area contributed by atoms with Gasteiger partial charge in [-0.15, -0.1) is 12.3 Å². The summed E-state index contributed by atoms with van der Waals surface area (Å²) >= 11 is 0. The lowest BCUT2D eigenvalue weighted by Gasteiger charge is -2.20. The average Bonchev–Trinajstić information content (AvgIpc) is 2.07. The van der Waals surface area contributed by atoms with Crippen LogP contribution in [0.25, 0.3) is 0 Å². The molecule has 0 aromatic rings. The number of hydrogen-bond acceptors (Lipinski definition) is 0. The van der Waals surface area contributed by atoms with Crippen molar-refractivity contribution in [3.8, 4) is 12.3 Å². The topological polar surface area (TPSA) is 0 Å². The zero-order valence-electron chi connectivity index (χ0n) is 7.23. The largest absolute Gasteiger partial charge is 0.120 e. The highest BCUT2D eigenvalue weighted by Gasteiger charge is 2.12. The average molecular weight is 149 g/mol. The van der Waals surface area contributed by atoms with Gasteiger partial charge in [0, 0.05) is 6.42 Å². The molecule has 0 aliphatic heterocycles. The van der Waals surface area contributed by atoms with Gasteiger partial charge in [-0.25, -0.2) is 0 Å². The highest BCUT2D eigenvalue weighted by molar-refractivity contribution is 4.93. The van der Waals surface area contributed by atoms with E-state index in [1.807, 2.05) is 0 Å². The summed E-state index contributed by atoms with van der Waals surface area (Å²) in [5.74, 6) is 4.46. The predicted molar refractivity (Wildman–Crippen MR) is 49.0 cm³/mol. The first kappa shape index (κ1) is 8.65. The normalized spacial score (nSPS) is 19.5. The van der Waals surface area contributed by atoms with Crippen LogP contribution >= 0.6 is 0 Å². The van der Waals surface area contributed by atoms with Crippen LogP contribution in [0.1, 0.15) is 51.4 Å². The molecule has 0 saturated heterocycles. The van der Waals surface area contributed by atoms with Gasteiger partial charge in [0.25, 0.3) is 0 Å². The highest BCUT2D eigenvalue weighted by Crippen LogP contribution is 2.29. The molecule has 1 radical (unpaired) electrons. The monoisotopic (exact) mass is 149 g/mol. The third kappa shape index (κ3) is 3.46. The first-order valence-electron chi connectivity index (χ1n) is 4.70. The van der Waals surface area contributed by atoms with Crippen molar-refractivity contribution >= 4 is 0 Å². The molecule has 61 valence electrons. The Labute approximate surface area is 70.4 Å². The van der Waals surface area contributed by atoms with Gasteiger partial charge in [-0.2, -0.15) is 0 Å². The van der Waals surface area contributed by atoms with E-state index in [2.05, 4.69) is 5.92 Å². The van der Waals surface area contributed by atoms with E-state index in [1.54, 1.807) is 5.92 Å². The molecular formula is C11H17. The molecule has 1 aliphatic rings. The highest BCUT2D eigenvalue weighted by atomic mass is 14.2. The Morgan fingerprint density at radius 1 is 1.18 bits per heavy atom. The van der Waals surface area contributed by atoms with E-state index in [0.29, 0.717) is 0 Å². The predicted octanol–water partition coefficient (Wildman–Crippen LogP) is 3.33. The fourth-order valence-corrected chi connectivity index (χ4v) is 1.74. The van der Waals surface area contributed by atoms with Crippen molar-refractivity contribution in [2.75, 3.05) is 0 Å². The van der Waals surface area contributed by atoms with E-state index in [9.17, 15) is 0 Å². The van der Waals surface area contributed by atoms with Crippen molar-refractivity contribution in [1.82, 2.24) is 0 Å². The molecule has 0 amide bonds. The maximum atomic E-state index is 5.18. The fourth-order valence-electron chi connectivity index (χ4n) is 1.74. The van der Waals surface area contributed by atoms with E-state index in [-0.39, 0.29) is 0 Å². The maximum absolute atomic E-state index is 5.18. The van der Waals surface area contributed by atoms with Crippen LogP contribution in [0.15, 0.2) is 0 Å². The Balaban J connectivity index is 2.01. The quantitative estimate of drug-likeness (QED) is 0.426. The number of rotatable bonds is 3. The minimum atomic E-state index is 0.962. The lowest BCUT2D eigenvalue weighted by Crippen LogP contribution is -2.03. The van der Waals surface area contributed by atoms with Gasteiger partial charge in [-0.1, -0.05) is 19.3 Å². The molecule has 0 heteroatoms. The molecule has 0 heterocycles. The maximum Gasteiger partial charge on any atom is 0.00862 e. The van der Waals surface area contributed by atoms with Crippen molar-refractivity contribution in [3.05, 3.63) is 5.92 Å². The molecule has 0 N–H and O–H groups in total. The third-order valence-electron chi connectivity index (χ3n) is 2.41. The van der Waals surface area contributed by atoms with Crippen LogP contribution in [0, 0.1) is 18.3 Å². The third-order valence-corrected chi connectivity index (χ3v) is 2.41. The van der Waals surface area contributed by atoms with Crippen LogP contribution in [-0.4, -0.2) is 0 Å². The van der Waals surface area contributed by atoms with E-state index in [1.165, 1.54) is 44.9 Å². The smallest absolute Gasteiger partial charge is 0.00862 e. The SMILES string of the molecule is C#CCCC[C]1CCCCC1. The van der Waals surface area contributed by atoms with Gasteiger partial charge in [0.2, 0.25) is 0 Å². The first-order chi connectivity index (χ1) is 5.43. The molecule has 11 heavy (non-hydrogen) atoms. The van der Waals surface area contributed by atoms with Crippen molar-refractivity contribution in [2.24, 2.45) is 0 Å². The van der Waals surface area contributed by atoms with Crippen molar-refractivity contribution < 1.29 is 0 Å². The lowest BCUT2D eigenvalue weighted by atomic mass is 9.86. The Bertz CT molecular complexity index is 123. The summed E-state index contributed by atoms with van der Waals surface area (Å²) in [7, 11) is 0. The Hall–Kier alpha value is -0.440. The van der Waals surface area contributed by atoms with Gasteiger partial charge < -0.3 is 0 Å². The van der Waals surface area contributed by atoms with E-state index < -0.39 is 0 Å². The molecule has 0 aromatic heterocycles. The summed E-state index contributed by atoms with van der Waals surface area (Å²) in [4.78, 5) is 0. The summed E-state index contributed by atoms with van der Waals surface area (Å²) in [5, 5.41) is 0. The van der Waals surface area contributed by atoms with E-state index in [4.69, 9.17) is 6.42 Å². The minimum absolute atomic E-state index is 0.962. The van der Waals surface area contributed by atoms with Gasteiger partial charge >= 0.3 is 0 Å². The molecule has 0 atom stereocenters. The van der Waals surface area contributed by atoms with Gasteiger partial charge in [0.15, 0.2) is 0 Å². The summed E-state index contributed by atoms with van der Waals surface area (Å²) < 4.78 is 0. The number of unbranched alkanes of at least 4 members (excludes halogenated alkanes) is 1. The molecule has 1 rings (SSSR count). The molecule has 0 bridgehead atoms. The molecule has 0 spiro atoms.